The van der Waals surface area contributed by atoms with Crippen molar-refractivity contribution in [2.45, 2.75) is 6.92 Å². The van der Waals surface area contributed by atoms with Crippen LogP contribution in [-0.2, 0) is 0 Å². The fourth-order valence-electron chi connectivity index (χ4n) is 1.72. The van der Waals surface area contributed by atoms with Gasteiger partial charge in [0.1, 0.15) is 0 Å². The molecule has 2 aromatic rings. The quantitative estimate of drug-likeness (QED) is 0.844. The molecule has 17 heavy (non-hydrogen) atoms. The number of benzene rings is 2. The molecular formula is C14H15BrN2. The number of aryl methyl sites for hydroxylation is 1. The lowest BCUT2D eigenvalue weighted by atomic mass is 10.2. The molecule has 0 saturated heterocycles. The Morgan fingerprint density at radius 1 is 1.06 bits per heavy atom. The Balaban J connectivity index is 2.36. The molecule has 0 aliphatic rings. The monoisotopic (exact) mass is 290 g/mol. The molecule has 0 fully saturated rings. The smallest absolute Gasteiger partial charge is 0.0552 e. The first-order valence-corrected chi connectivity index (χ1v) is 6.22. The van der Waals surface area contributed by atoms with E-state index >= 15 is 0 Å². The van der Waals surface area contributed by atoms with Crippen LogP contribution in [0.15, 0.2) is 46.9 Å². The van der Waals surface area contributed by atoms with Crippen LogP contribution in [0.5, 0.6) is 0 Å². The van der Waals surface area contributed by atoms with Crippen LogP contribution in [0.25, 0.3) is 0 Å². The van der Waals surface area contributed by atoms with Crippen LogP contribution in [0.2, 0.25) is 0 Å². The molecule has 2 N–H and O–H groups in total. The number of anilines is 3. The van der Waals surface area contributed by atoms with E-state index in [0.717, 1.165) is 21.5 Å². The standard InChI is InChI=1S/C14H15BrN2/c1-10-3-8-14(13(15)9-10)17(2)12-6-4-11(16)5-7-12/h3-9H,16H2,1-2H3. The van der Waals surface area contributed by atoms with Gasteiger partial charge in [-0.25, -0.2) is 0 Å². The van der Waals surface area contributed by atoms with Crippen LogP contribution in [0, 0.1) is 6.92 Å². The molecule has 2 rings (SSSR count). The van der Waals surface area contributed by atoms with Gasteiger partial charge in [0.25, 0.3) is 0 Å². The number of rotatable bonds is 2. The highest BCUT2D eigenvalue weighted by Crippen LogP contribution is 2.31. The molecule has 3 heteroatoms. The summed E-state index contributed by atoms with van der Waals surface area (Å²) in [6.07, 6.45) is 0. The highest BCUT2D eigenvalue weighted by Gasteiger charge is 2.07. The zero-order chi connectivity index (χ0) is 12.4. The maximum Gasteiger partial charge on any atom is 0.0552 e. The minimum absolute atomic E-state index is 0.783. The fraction of sp³-hybridized carbons (Fsp3) is 0.143. The molecule has 88 valence electrons. The second-order valence-electron chi connectivity index (χ2n) is 4.11. The number of nitrogens with zero attached hydrogens (tertiary/aromatic N) is 1. The van der Waals surface area contributed by atoms with Crippen molar-refractivity contribution >= 4 is 33.0 Å². The summed E-state index contributed by atoms with van der Waals surface area (Å²) in [5.41, 5.74) is 9.97. The summed E-state index contributed by atoms with van der Waals surface area (Å²) in [7, 11) is 2.04. The second kappa shape index (κ2) is 4.80. The minimum atomic E-state index is 0.783. The first-order valence-electron chi connectivity index (χ1n) is 5.43. The van der Waals surface area contributed by atoms with E-state index in [0.29, 0.717) is 0 Å². The van der Waals surface area contributed by atoms with Gasteiger partial charge >= 0.3 is 0 Å². The van der Waals surface area contributed by atoms with Gasteiger partial charge in [-0.1, -0.05) is 6.07 Å². The van der Waals surface area contributed by atoms with Crippen molar-refractivity contribution in [2.75, 3.05) is 17.7 Å². The summed E-state index contributed by atoms with van der Waals surface area (Å²) in [5, 5.41) is 0. The van der Waals surface area contributed by atoms with E-state index in [1.54, 1.807) is 0 Å². The first-order chi connectivity index (χ1) is 8.08. The normalized spacial score (nSPS) is 10.3. The summed E-state index contributed by atoms with van der Waals surface area (Å²) in [4.78, 5) is 2.13. The van der Waals surface area contributed by atoms with Gasteiger partial charge in [0.15, 0.2) is 0 Å². The van der Waals surface area contributed by atoms with E-state index in [2.05, 4.69) is 46.0 Å². The number of hydrogen-bond acceptors (Lipinski definition) is 2. The van der Waals surface area contributed by atoms with Crippen molar-refractivity contribution in [1.82, 2.24) is 0 Å². The topological polar surface area (TPSA) is 29.3 Å². The second-order valence-corrected chi connectivity index (χ2v) is 4.96. The molecule has 0 atom stereocenters. The maximum atomic E-state index is 5.69. The number of nitrogen functional groups attached to an aromatic ring is 1. The van der Waals surface area contributed by atoms with Crippen LogP contribution < -0.4 is 10.6 Å². The lowest BCUT2D eigenvalue weighted by molar-refractivity contribution is 1.20. The largest absolute Gasteiger partial charge is 0.399 e. The van der Waals surface area contributed by atoms with Gasteiger partial charge in [0.05, 0.1) is 5.69 Å². The van der Waals surface area contributed by atoms with E-state index in [-0.39, 0.29) is 0 Å². The third-order valence-electron chi connectivity index (χ3n) is 2.74. The minimum Gasteiger partial charge on any atom is -0.399 e. The molecule has 0 bridgehead atoms. The molecule has 0 heterocycles. The number of nitrogens with two attached hydrogens (primary N) is 1. The SMILES string of the molecule is Cc1ccc(N(C)c2ccc(N)cc2)c(Br)c1. The van der Waals surface area contributed by atoms with E-state index in [1.165, 1.54) is 5.56 Å². The van der Waals surface area contributed by atoms with Gasteiger partial charge in [-0.3, -0.25) is 0 Å². The van der Waals surface area contributed by atoms with Gasteiger partial charge in [-0.2, -0.15) is 0 Å². The first kappa shape index (κ1) is 12.0. The molecule has 0 aliphatic carbocycles. The molecule has 2 nitrogen and oxygen atoms in total. The van der Waals surface area contributed by atoms with E-state index in [4.69, 9.17) is 5.73 Å². The predicted molar refractivity (Wildman–Crippen MR) is 77.8 cm³/mol. The van der Waals surface area contributed by atoms with Gasteiger partial charge in [-0.15, -0.1) is 0 Å². The molecule has 0 unspecified atom stereocenters. The van der Waals surface area contributed by atoms with Crippen molar-refractivity contribution in [1.29, 1.82) is 0 Å². The van der Waals surface area contributed by atoms with Crippen LogP contribution in [0.1, 0.15) is 5.56 Å². The molecule has 0 saturated carbocycles. The maximum absolute atomic E-state index is 5.69. The van der Waals surface area contributed by atoms with E-state index in [1.807, 2.05) is 31.3 Å². The van der Waals surface area contributed by atoms with Crippen molar-refractivity contribution in [3.63, 3.8) is 0 Å². The fourth-order valence-corrected chi connectivity index (χ4v) is 2.48. The number of halogens is 1. The van der Waals surface area contributed by atoms with Crippen LogP contribution >= 0.6 is 15.9 Å². The Hall–Kier alpha value is -1.48. The summed E-state index contributed by atoms with van der Waals surface area (Å²) < 4.78 is 1.09. The average Bonchev–Trinajstić information content (AvgIpc) is 2.29. The van der Waals surface area contributed by atoms with Crippen molar-refractivity contribution < 1.29 is 0 Å². The zero-order valence-electron chi connectivity index (χ0n) is 9.94. The predicted octanol–water partition coefficient (Wildman–Crippen LogP) is 4.11. The lowest BCUT2D eigenvalue weighted by Gasteiger charge is -2.21. The third-order valence-corrected chi connectivity index (χ3v) is 3.38. The van der Waals surface area contributed by atoms with E-state index in [9.17, 15) is 0 Å². The molecular weight excluding hydrogens is 276 g/mol. The lowest BCUT2D eigenvalue weighted by Crippen LogP contribution is -2.10. The molecule has 2 aromatic carbocycles. The molecule has 0 spiro atoms. The van der Waals surface area contributed by atoms with Gasteiger partial charge in [0, 0.05) is 22.9 Å². The van der Waals surface area contributed by atoms with Crippen LogP contribution in [0.3, 0.4) is 0 Å². The summed E-state index contributed by atoms with van der Waals surface area (Å²) in [6, 6.07) is 14.2. The molecule has 0 aliphatic heterocycles. The Morgan fingerprint density at radius 3 is 2.29 bits per heavy atom. The Bertz CT molecular complexity index is 520. The zero-order valence-corrected chi connectivity index (χ0v) is 11.5. The van der Waals surface area contributed by atoms with Crippen molar-refractivity contribution in [3.05, 3.63) is 52.5 Å². The Morgan fingerprint density at radius 2 is 1.71 bits per heavy atom. The molecule has 0 aromatic heterocycles. The Labute approximate surface area is 110 Å². The van der Waals surface area contributed by atoms with Crippen LogP contribution in [-0.4, -0.2) is 7.05 Å². The highest BCUT2D eigenvalue weighted by molar-refractivity contribution is 9.10. The number of hydrogen-bond donors (Lipinski definition) is 1. The van der Waals surface area contributed by atoms with Crippen LogP contribution in [0.4, 0.5) is 17.1 Å². The van der Waals surface area contributed by atoms with Crippen molar-refractivity contribution in [3.8, 4) is 0 Å². The molecule has 0 amide bonds. The Kier molecular flexibility index (Phi) is 3.38. The summed E-state index contributed by atoms with van der Waals surface area (Å²) >= 11 is 3.59. The summed E-state index contributed by atoms with van der Waals surface area (Å²) in [5.74, 6) is 0. The average molecular weight is 291 g/mol. The third kappa shape index (κ3) is 2.61. The van der Waals surface area contributed by atoms with Gasteiger partial charge in [0.2, 0.25) is 0 Å². The van der Waals surface area contributed by atoms with Crippen molar-refractivity contribution in [2.24, 2.45) is 0 Å². The van der Waals surface area contributed by atoms with E-state index < -0.39 is 0 Å². The highest BCUT2D eigenvalue weighted by atomic mass is 79.9. The van der Waals surface area contributed by atoms with Gasteiger partial charge < -0.3 is 10.6 Å². The van der Waals surface area contributed by atoms with Gasteiger partial charge in [-0.05, 0) is 64.8 Å². The molecule has 0 radical (unpaired) electrons. The summed E-state index contributed by atoms with van der Waals surface area (Å²) in [6.45, 7) is 2.08.